The van der Waals surface area contributed by atoms with Crippen LogP contribution in [0.4, 0.5) is 8.78 Å². The Kier molecular flexibility index (Phi) is 4.19. The van der Waals surface area contributed by atoms with Crippen LogP contribution in [0.5, 0.6) is 0 Å². The van der Waals surface area contributed by atoms with Crippen molar-refractivity contribution in [3.8, 4) is 0 Å². The normalized spacial score (nSPS) is 11.9. The fourth-order valence-corrected chi connectivity index (χ4v) is 2.53. The molecule has 25 heavy (non-hydrogen) atoms. The second-order valence-corrected chi connectivity index (χ2v) is 6.12. The van der Waals surface area contributed by atoms with Crippen LogP contribution in [0.15, 0.2) is 18.3 Å². The zero-order chi connectivity index (χ0) is 18.4. The van der Waals surface area contributed by atoms with Gasteiger partial charge < -0.3 is 5.32 Å². The zero-order valence-electron chi connectivity index (χ0n) is 13.7. The first-order valence-electron chi connectivity index (χ1n) is 7.37. The quantitative estimate of drug-likeness (QED) is 0.717. The van der Waals surface area contributed by atoms with Crippen LogP contribution in [0.3, 0.4) is 0 Å². The van der Waals surface area contributed by atoms with E-state index in [0.717, 1.165) is 21.8 Å². The molecule has 3 aromatic heterocycles. The molecule has 0 aliphatic heterocycles. The SMILES string of the molecule is Cc1cc(C(F)(F)Cl)n2nc(C(=O)NCc3cnn(C)c3C)cc2n1. The molecule has 0 atom stereocenters. The van der Waals surface area contributed by atoms with E-state index >= 15 is 0 Å². The monoisotopic (exact) mass is 368 g/mol. The van der Waals surface area contributed by atoms with E-state index in [1.165, 1.54) is 6.07 Å². The highest BCUT2D eigenvalue weighted by atomic mass is 35.5. The molecule has 1 amide bonds. The lowest BCUT2D eigenvalue weighted by molar-refractivity contribution is 0.0864. The van der Waals surface area contributed by atoms with Gasteiger partial charge in [-0.2, -0.15) is 19.0 Å². The highest BCUT2D eigenvalue weighted by molar-refractivity contribution is 6.21. The number of rotatable bonds is 4. The third kappa shape index (κ3) is 3.32. The van der Waals surface area contributed by atoms with Crippen LogP contribution < -0.4 is 5.32 Å². The standard InChI is InChI=1S/C15H15ClF2N6O/c1-8-4-12(15(16,17)18)24-13(21-8)5-11(22-24)14(25)19-6-10-7-20-23(3)9(10)2/h4-5,7H,6H2,1-3H3,(H,19,25). The molecule has 0 saturated carbocycles. The minimum Gasteiger partial charge on any atom is -0.346 e. The van der Waals surface area contributed by atoms with E-state index in [9.17, 15) is 13.6 Å². The predicted octanol–water partition coefficient (Wildman–Crippen LogP) is 2.30. The van der Waals surface area contributed by atoms with Crippen molar-refractivity contribution in [3.05, 3.63) is 46.7 Å². The first-order chi connectivity index (χ1) is 11.7. The number of nitrogens with zero attached hydrogens (tertiary/aromatic N) is 5. The number of alkyl halides is 3. The molecule has 0 fully saturated rings. The van der Waals surface area contributed by atoms with Crippen molar-refractivity contribution in [2.24, 2.45) is 7.05 Å². The summed E-state index contributed by atoms with van der Waals surface area (Å²) < 4.78 is 29.7. The average molecular weight is 369 g/mol. The number of aromatic nitrogens is 5. The molecule has 10 heteroatoms. The topological polar surface area (TPSA) is 77.1 Å². The number of amides is 1. The Morgan fingerprint density at radius 1 is 1.36 bits per heavy atom. The molecule has 0 aliphatic rings. The van der Waals surface area contributed by atoms with Gasteiger partial charge in [-0.25, -0.2) is 9.50 Å². The van der Waals surface area contributed by atoms with Crippen molar-refractivity contribution < 1.29 is 13.6 Å². The predicted molar refractivity (Wildman–Crippen MR) is 86.6 cm³/mol. The van der Waals surface area contributed by atoms with E-state index in [1.807, 2.05) is 6.92 Å². The molecule has 0 spiro atoms. The van der Waals surface area contributed by atoms with Crippen molar-refractivity contribution >= 4 is 23.2 Å². The van der Waals surface area contributed by atoms with Gasteiger partial charge in [0.2, 0.25) is 0 Å². The second-order valence-electron chi connectivity index (χ2n) is 5.64. The molecule has 0 bridgehead atoms. The Morgan fingerprint density at radius 2 is 2.08 bits per heavy atom. The van der Waals surface area contributed by atoms with E-state index in [2.05, 4.69) is 20.5 Å². The van der Waals surface area contributed by atoms with Gasteiger partial charge in [-0.05, 0) is 31.5 Å². The average Bonchev–Trinajstić information content (AvgIpc) is 3.08. The summed E-state index contributed by atoms with van der Waals surface area (Å²) in [6.07, 6.45) is 1.65. The van der Waals surface area contributed by atoms with Crippen LogP contribution >= 0.6 is 11.6 Å². The van der Waals surface area contributed by atoms with Crippen molar-refractivity contribution in [3.63, 3.8) is 0 Å². The Bertz CT molecular complexity index is 959. The van der Waals surface area contributed by atoms with E-state index in [0.29, 0.717) is 5.69 Å². The fraction of sp³-hybridized carbons (Fsp3) is 0.333. The molecular formula is C15H15ClF2N6O. The molecule has 3 rings (SSSR count). The van der Waals surface area contributed by atoms with E-state index in [1.54, 1.807) is 24.9 Å². The number of aryl methyl sites for hydroxylation is 2. The Morgan fingerprint density at radius 3 is 2.68 bits per heavy atom. The second kappa shape index (κ2) is 6.07. The summed E-state index contributed by atoms with van der Waals surface area (Å²) in [6.45, 7) is 3.68. The summed E-state index contributed by atoms with van der Waals surface area (Å²) in [6, 6.07) is 2.47. The van der Waals surface area contributed by atoms with Gasteiger partial charge in [0.05, 0.1) is 6.20 Å². The van der Waals surface area contributed by atoms with Crippen molar-refractivity contribution in [1.29, 1.82) is 0 Å². The van der Waals surface area contributed by atoms with Crippen molar-refractivity contribution in [2.45, 2.75) is 25.8 Å². The number of halogens is 3. The van der Waals surface area contributed by atoms with Gasteiger partial charge >= 0.3 is 5.38 Å². The lowest BCUT2D eigenvalue weighted by Crippen LogP contribution is -2.23. The van der Waals surface area contributed by atoms with Crippen LogP contribution in [-0.4, -0.2) is 30.3 Å². The van der Waals surface area contributed by atoms with Crippen LogP contribution in [0.1, 0.15) is 33.1 Å². The number of carbonyl (C=O) groups excluding carboxylic acids is 1. The van der Waals surface area contributed by atoms with Gasteiger partial charge in [0.15, 0.2) is 11.3 Å². The third-order valence-electron chi connectivity index (χ3n) is 3.85. The lowest BCUT2D eigenvalue weighted by atomic mass is 10.2. The maximum atomic E-state index is 13.6. The van der Waals surface area contributed by atoms with Gasteiger partial charge in [-0.1, -0.05) is 0 Å². The number of carbonyl (C=O) groups is 1. The van der Waals surface area contributed by atoms with Gasteiger partial charge in [-0.3, -0.25) is 9.48 Å². The number of fused-ring (bicyclic) bond motifs is 1. The van der Waals surface area contributed by atoms with Gasteiger partial charge in [0, 0.05) is 36.6 Å². The summed E-state index contributed by atoms with van der Waals surface area (Å²) >= 11 is 5.13. The van der Waals surface area contributed by atoms with Gasteiger partial charge in [0.1, 0.15) is 5.69 Å². The smallest absolute Gasteiger partial charge is 0.346 e. The Labute approximate surface area is 146 Å². The third-order valence-corrected chi connectivity index (χ3v) is 4.05. The summed E-state index contributed by atoms with van der Waals surface area (Å²) in [7, 11) is 1.80. The highest BCUT2D eigenvalue weighted by Gasteiger charge is 2.32. The summed E-state index contributed by atoms with van der Waals surface area (Å²) in [5.41, 5.74) is 1.66. The summed E-state index contributed by atoms with van der Waals surface area (Å²) in [5.74, 6) is -0.504. The maximum absolute atomic E-state index is 13.6. The molecule has 0 aliphatic carbocycles. The lowest BCUT2D eigenvalue weighted by Gasteiger charge is -2.10. The highest BCUT2D eigenvalue weighted by Crippen LogP contribution is 2.32. The van der Waals surface area contributed by atoms with Crippen LogP contribution in [0.25, 0.3) is 5.65 Å². The first-order valence-corrected chi connectivity index (χ1v) is 7.75. The molecule has 0 radical (unpaired) electrons. The zero-order valence-corrected chi connectivity index (χ0v) is 14.5. The molecular weight excluding hydrogens is 354 g/mol. The Hall–Kier alpha value is -2.55. The first kappa shape index (κ1) is 17.3. The molecule has 7 nitrogen and oxygen atoms in total. The van der Waals surface area contributed by atoms with Crippen molar-refractivity contribution in [2.75, 3.05) is 0 Å². The largest absolute Gasteiger partial charge is 0.364 e. The molecule has 3 aromatic rings. The maximum Gasteiger partial charge on any atom is 0.364 e. The molecule has 132 valence electrons. The van der Waals surface area contributed by atoms with E-state index in [-0.39, 0.29) is 17.9 Å². The number of hydrogen-bond acceptors (Lipinski definition) is 4. The molecule has 0 unspecified atom stereocenters. The summed E-state index contributed by atoms with van der Waals surface area (Å²) in [4.78, 5) is 16.4. The summed E-state index contributed by atoms with van der Waals surface area (Å²) in [5, 5.41) is 7.06. The number of hydrogen-bond donors (Lipinski definition) is 1. The van der Waals surface area contributed by atoms with Crippen LogP contribution in [0.2, 0.25) is 0 Å². The van der Waals surface area contributed by atoms with E-state index in [4.69, 9.17) is 11.6 Å². The van der Waals surface area contributed by atoms with Gasteiger partial charge in [0.25, 0.3) is 5.91 Å². The fourth-order valence-electron chi connectivity index (χ4n) is 2.40. The minimum atomic E-state index is -3.63. The number of nitrogens with one attached hydrogen (secondary N) is 1. The Balaban J connectivity index is 1.88. The molecule has 0 saturated heterocycles. The minimum absolute atomic E-state index is 0.0261. The van der Waals surface area contributed by atoms with Crippen LogP contribution in [-0.2, 0) is 19.0 Å². The van der Waals surface area contributed by atoms with Crippen LogP contribution in [0, 0.1) is 13.8 Å². The van der Waals surface area contributed by atoms with E-state index < -0.39 is 17.0 Å². The molecule has 1 N–H and O–H groups in total. The van der Waals surface area contributed by atoms with Gasteiger partial charge in [-0.15, -0.1) is 0 Å². The van der Waals surface area contributed by atoms with Crippen molar-refractivity contribution in [1.82, 2.24) is 29.7 Å². The molecule has 3 heterocycles. The molecule has 0 aromatic carbocycles.